The third-order valence-corrected chi connectivity index (χ3v) is 5.83. The summed E-state index contributed by atoms with van der Waals surface area (Å²) in [5.41, 5.74) is 1.85. The van der Waals surface area contributed by atoms with Gasteiger partial charge in [0.2, 0.25) is 11.9 Å². The smallest absolute Gasteiger partial charge is 0.268 e. The Morgan fingerprint density at radius 1 is 1.07 bits per heavy atom. The maximum Gasteiger partial charge on any atom is 0.268 e. The van der Waals surface area contributed by atoms with Gasteiger partial charge in [-0.15, -0.1) is 0 Å². The molecule has 8 heteroatoms. The molecule has 0 unspecified atom stereocenters. The fraction of sp³-hybridized carbons (Fsp3) is 0.0526. The molecule has 0 aliphatic carbocycles. The molecular weight excluding hydrogens is 364 g/mol. The Kier molecular flexibility index (Phi) is 4.04. The monoisotopic (exact) mass is 380 g/mol. The molecule has 2 aromatic carbocycles. The average molecular weight is 380 g/mol. The topological polar surface area (TPSA) is 96.8 Å². The molecule has 0 saturated heterocycles. The van der Waals surface area contributed by atoms with E-state index in [4.69, 9.17) is 0 Å². The van der Waals surface area contributed by atoms with Crippen LogP contribution in [0.3, 0.4) is 0 Å². The minimum atomic E-state index is -3.75. The summed E-state index contributed by atoms with van der Waals surface area (Å²) >= 11 is 0. The van der Waals surface area contributed by atoms with Gasteiger partial charge in [0.1, 0.15) is 0 Å². The lowest BCUT2D eigenvalue weighted by atomic mass is 10.1. The van der Waals surface area contributed by atoms with E-state index in [0.717, 1.165) is 5.39 Å². The summed E-state index contributed by atoms with van der Waals surface area (Å²) < 4.78 is 27.5. The van der Waals surface area contributed by atoms with Gasteiger partial charge in [0.15, 0.2) is 0 Å². The first-order valence-electron chi connectivity index (χ1n) is 8.20. The Morgan fingerprint density at radius 2 is 1.78 bits per heavy atom. The molecule has 2 N–H and O–H groups in total. The first-order valence-corrected chi connectivity index (χ1v) is 9.64. The van der Waals surface area contributed by atoms with Crippen molar-refractivity contribution in [1.82, 2.24) is 13.9 Å². The number of para-hydroxylation sites is 1. The van der Waals surface area contributed by atoms with E-state index in [1.807, 2.05) is 12.1 Å². The first kappa shape index (κ1) is 17.0. The van der Waals surface area contributed by atoms with Crippen LogP contribution in [0.15, 0.2) is 71.9 Å². The molecule has 1 amide bonds. The molecule has 0 bridgehead atoms. The third kappa shape index (κ3) is 3.00. The van der Waals surface area contributed by atoms with Gasteiger partial charge in [-0.2, -0.15) is 0 Å². The highest BCUT2D eigenvalue weighted by molar-refractivity contribution is 7.90. The number of hydrogen-bond donors (Lipinski definition) is 2. The molecule has 0 atom stereocenters. The maximum absolute atomic E-state index is 13.1. The minimum absolute atomic E-state index is 0.209. The SMILES string of the molecule is CC(=O)Nc1ncc(-c2cn(S(=O)(=O)c3ccccc3)c3ccccc23)[nH]1. The van der Waals surface area contributed by atoms with Crippen LogP contribution in [0.5, 0.6) is 0 Å². The number of H-pyrrole nitrogens is 1. The minimum Gasteiger partial charge on any atom is -0.324 e. The number of hydrogen-bond acceptors (Lipinski definition) is 4. The highest BCUT2D eigenvalue weighted by Crippen LogP contribution is 2.32. The van der Waals surface area contributed by atoms with E-state index in [1.54, 1.807) is 54.9 Å². The Hall–Kier alpha value is -3.39. The summed E-state index contributed by atoms with van der Waals surface area (Å²) in [5, 5.41) is 3.33. The maximum atomic E-state index is 13.1. The molecule has 0 radical (unpaired) electrons. The standard InChI is InChI=1S/C19H16N4O3S/c1-13(24)21-19-20-11-17(22-19)16-12-23(18-10-6-5-9-15(16)18)27(25,26)14-7-3-2-4-8-14/h2-12H,1H3,(H2,20,21,22,24). The van der Waals surface area contributed by atoms with Crippen molar-refractivity contribution in [2.75, 3.05) is 5.32 Å². The molecule has 0 fully saturated rings. The lowest BCUT2D eigenvalue weighted by Crippen LogP contribution is -2.11. The largest absolute Gasteiger partial charge is 0.324 e. The van der Waals surface area contributed by atoms with Crippen LogP contribution in [0.4, 0.5) is 5.95 Å². The van der Waals surface area contributed by atoms with Crippen LogP contribution >= 0.6 is 0 Å². The number of benzene rings is 2. The molecule has 0 aliphatic rings. The van der Waals surface area contributed by atoms with E-state index in [-0.39, 0.29) is 10.8 Å². The predicted octanol–water partition coefficient (Wildman–Crippen LogP) is 3.23. The van der Waals surface area contributed by atoms with Gasteiger partial charge in [0, 0.05) is 24.1 Å². The zero-order chi connectivity index (χ0) is 19.0. The number of carbonyl (C=O) groups is 1. The zero-order valence-electron chi connectivity index (χ0n) is 14.4. The van der Waals surface area contributed by atoms with E-state index in [1.165, 1.54) is 10.9 Å². The van der Waals surface area contributed by atoms with E-state index < -0.39 is 10.0 Å². The van der Waals surface area contributed by atoms with Gasteiger partial charge >= 0.3 is 0 Å². The second kappa shape index (κ2) is 6.40. The second-order valence-corrected chi connectivity index (χ2v) is 7.82. The molecule has 4 rings (SSSR count). The highest BCUT2D eigenvalue weighted by atomic mass is 32.2. The number of amides is 1. The van der Waals surface area contributed by atoms with Crippen molar-refractivity contribution in [3.05, 3.63) is 67.0 Å². The molecule has 27 heavy (non-hydrogen) atoms. The summed E-state index contributed by atoms with van der Waals surface area (Å²) in [6.45, 7) is 1.39. The molecule has 2 aromatic heterocycles. The second-order valence-electron chi connectivity index (χ2n) is 6.00. The average Bonchev–Trinajstić information content (AvgIpc) is 3.26. The highest BCUT2D eigenvalue weighted by Gasteiger charge is 2.22. The molecule has 0 spiro atoms. The molecule has 4 aromatic rings. The van der Waals surface area contributed by atoms with Crippen LogP contribution in [0.1, 0.15) is 6.92 Å². The van der Waals surface area contributed by atoms with Crippen molar-refractivity contribution in [2.45, 2.75) is 11.8 Å². The lowest BCUT2D eigenvalue weighted by molar-refractivity contribution is -0.114. The van der Waals surface area contributed by atoms with Gasteiger partial charge in [-0.1, -0.05) is 36.4 Å². The van der Waals surface area contributed by atoms with E-state index in [9.17, 15) is 13.2 Å². The number of aromatic nitrogens is 3. The lowest BCUT2D eigenvalue weighted by Gasteiger charge is -2.07. The van der Waals surface area contributed by atoms with Crippen molar-refractivity contribution in [1.29, 1.82) is 0 Å². The van der Waals surface area contributed by atoms with Gasteiger partial charge in [-0.3, -0.25) is 10.1 Å². The molecule has 0 saturated carbocycles. The number of aromatic amines is 1. The van der Waals surface area contributed by atoms with Crippen molar-refractivity contribution < 1.29 is 13.2 Å². The Labute approximate surface area is 155 Å². The fourth-order valence-corrected chi connectivity index (χ4v) is 4.35. The summed E-state index contributed by atoms with van der Waals surface area (Å²) in [6.07, 6.45) is 3.13. The number of nitrogens with one attached hydrogen (secondary N) is 2. The van der Waals surface area contributed by atoms with Gasteiger partial charge in [0.05, 0.1) is 22.3 Å². The summed E-state index contributed by atoms with van der Waals surface area (Å²) in [7, 11) is -3.75. The quantitative estimate of drug-likeness (QED) is 0.568. The van der Waals surface area contributed by atoms with Crippen LogP contribution in [-0.4, -0.2) is 28.3 Å². The molecular formula is C19H16N4O3S. The van der Waals surface area contributed by atoms with Crippen molar-refractivity contribution in [3.8, 4) is 11.3 Å². The number of fused-ring (bicyclic) bond motifs is 1. The number of carbonyl (C=O) groups excluding carboxylic acids is 1. The fourth-order valence-electron chi connectivity index (χ4n) is 2.96. The Balaban J connectivity index is 1.90. The number of nitrogens with zero attached hydrogens (tertiary/aromatic N) is 2. The predicted molar refractivity (Wildman–Crippen MR) is 103 cm³/mol. The van der Waals surface area contributed by atoms with Crippen LogP contribution in [0, 0.1) is 0 Å². The zero-order valence-corrected chi connectivity index (χ0v) is 15.2. The van der Waals surface area contributed by atoms with Crippen LogP contribution < -0.4 is 5.32 Å². The molecule has 7 nitrogen and oxygen atoms in total. The van der Waals surface area contributed by atoms with E-state index in [0.29, 0.717) is 22.7 Å². The van der Waals surface area contributed by atoms with E-state index >= 15 is 0 Å². The van der Waals surface area contributed by atoms with Gasteiger partial charge in [0.25, 0.3) is 10.0 Å². The normalized spacial score (nSPS) is 11.6. The van der Waals surface area contributed by atoms with Crippen molar-refractivity contribution in [3.63, 3.8) is 0 Å². The van der Waals surface area contributed by atoms with Crippen LogP contribution in [-0.2, 0) is 14.8 Å². The van der Waals surface area contributed by atoms with Crippen molar-refractivity contribution >= 4 is 32.8 Å². The van der Waals surface area contributed by atoms with Gasteiger partial charge in [-0.25, -0.2) is 17.4 Å². The van der Waals surface area contributed by atoms with Gasteiger partial charge in [-0.05, 0) is 18.2 Å². The third-order valence-electron chi connectivity index (χ3n) is 4.14. The molecule has 136 valence electrons. The summed E-state index contributed by atoms with van der Waals surface area (Å²) in [6, 6.07) is 15.5. The van der Waals surface area contributed by atoms with Crippen LogP contribution in [0.2, 0.25) is 0 Å². The Bertz CT molecular complexity index is 1240. The van der Waals surface area contributed by atoms with Crippen LogP contribution in [0.25, 0.3) is 22.2 Å². The molecule has 2 heterocycles. The number of imidazole rings is 1. The van der Waals surface area contributed by atoms with E-state index in [2.05, 4.69) is 15.3 Å². The Morgan fingerprint density at radius 3 is 2.52 bits per heavy atom. The molecule has 0 aliphatic heterocycles. The van der Waals surface area contributed by atoms with Crippen molar-refractivity contribution in [2.24, 2.45) is 0 Å². The summed E-state index contributed by atoms with van der Waals surface area (Å²) in [5.74, 6) is 0.0604. The van der Waals surface area contributed by atoms with Gasteiger partial charge < -0.3 is 4.98 Å². The number of anilines is 1. The summed E-state index contributed by atoms with van der Waals surface area (Å²) in [4.78, 5) is 18.5. The first-order chi connectivity index (χ1) is 13.0. The number of rotatable bonds is 4.